The van der Waals surface area contributed by atoms with Crippen molar-refractivity contribution in [2.24, 2.45) is 0 Å². The van der Waals surface area contributed by atoms with Crippen molar-refractivity contribution >= 4 is 28.2 Å². The van der Waals surface area contributed by atoms with E-state index in [2.05, 4.69) is 15.9 Å². The molecule has 0 fully saturated rings. The Morgan fingerprint density at radius 2 is 2.28 bits per heavy atom. The number of hydrogen-bond acceptors (Lipinski definition) is 5. The zero-order valence-corrected chi connectivity index (χ0v) is 9.72. The maximum Gasteiger partial charge on any atom is 0.311 e. The Morgan fingerprint density at radius 1 is 1.50 bits per heavy atom. The highest BCUT2D eigenvalue weighted by molar-refractivity contribution is 6.34. The lowest BCUT2D eigenvalue weighted by Gasteiger charge is -2.05. The second kappa shape index (κ2) is 4.85. The van der Waals surface area contributed by atoms with Gasteiger partial charge in [0.15, 0.2) is 5.75 Å². The number of hydrogen-bond donors (Lipinski definition) is 0. The molecule has 0 saturated carbocycles. The van der Waals surface area contributed by atoms with Crippen LogP contribution in [0.3, 0.4) is 0 Å². The van der Waals surface area contributed by atoms with Crippen LogP contribution in [-0.4, -0.2) is 21.5 Å². The summed E-state index contributed by atoms with van der Waals surface area (Å²) in [6.45, 7) is -0.0643. The average molecular weight is 264 g/mol. The molecule has 2 aromatic rings. The lowest BCUT2D eigenvalue weighted by Crippen LogP contribution is -1.99. The number of terminal acetylenes is 1. The molecule has 1 aromatic heterocycles. The molecule has 0 atom stereocenters. The molecule has 0 unspecified atom stereocenters. The van der Waals surface area contributed by atoms with E-state index < -0.39 is 4.92 Å². The van der Waals surface area contributed by atoms with Crippen molar-refractivity contribution in [2.45, 2.75) is 0 Å². The molecule has 18 heavy (non-hydrogen) atoms. The van der Waals surface area contributed by atoms with Crippen molar-refractivity contribution in [1.29, 1.82) is 0 Å². The van der Waals surface area contributed by atoms with Gasteiger partial charge < -0.3 is 4.74 Å². The van der Waals surface area contributed by atoms with E-state index in [4.69, 9.17) is 22.8 Å². The Hall–Kier alpha value is -2.39. The van der Waals surface area contributed by atoms with Crippen molar-refractivity contribution in [3.63, 3.8) is 0 Å². The van der Waals surface area contributed by atoms with E-state index >= 15 is 0 Å². The number of nitro groups is 1. The Bertz CT molecular complexity index is 666. The summed E-state index contributed by atoms with van der Waals surface area (Å²) in [7, 11) is 0. The minimum Gasteiger partial charge on any atom is -0.474 e. The van der Waals surface area contributed by atoms with Crippen molar-refractivity contribution in [3.8, 4) is 18.1 Å². The summed E-state index contributed by atoms with van der Waals surface area (Å²) < 4.78 is 5.11. The fourth-order valence-electron chi connectivity index (χ4n) is 1.42. The van der Waals surface area contributed by atoms with Gasteiger partial charge in [-0.1, -0.05) is 17.5 Å². The molecule has 0 saturated heterocycles. The van der Waals surface area contributed by atoms with E-state index in [-0.39, 0.29) is 23.2 Å². The molecule has 0 aliphatic heterocycles. The Kier molecular flexibility index (Phi) is 3.26. The summed E-state index contributed by atoms with van der Waals surface area (Å²) in [5.74, 6) is 2.29. The van der Waals surface area contributed by atoms with Gasteiger partial charge in [-0.05, 0) is 0 Å². The van der Waals surface area contributed by atoms with Crippen LogP contribution in [0.25, 0.3) is 10.9 Å². The maximum atomic E-state index is 10.9. The van der Waals surface area contributed by atoms with Gasteiger partial charge in [0.05, 0.1) is 10.4 Å². The van der Waals surface area contributed by atoms with Gasteiger partial charge in [0.2, 0.25) is 0 Å². The SMILES string of the molecule is C#CCOc1cc2ncnc(Cl)c2cc1[N+](=O)[O-]. The van der Waals surface area contributed by atoms with Crippen LogP contribution >= 0.6 is 11.6 Å². The molecule has 2 rings (SSSR count). The van der Waals surface area contributed by atoms with Crippen molar-refractivity contribution in [3.05, 3.63) is 33.7 Å². The number of benzene rings is 1. The quantitative estimate of drug-likeness (QED) is 0.367. The lowest BCUT2D eigenvalue weighted by atomic mass is 10.2. The number of nitro benzene ring substituents is 1. The van der Waals surface area contributed by atoms with Gasteiger partial charge in [-0.2, -0.15) is 0 Å². The lowest BCUT2D eigenvalue weighted by molar-refractivity contribution is -0.385. The third-order valence-electron chi connectivity index (χ3n) is 2.18. The minimum atomic E-state index is -0.575. The third kappa shape index (κ3) is 2.17. The Balaban J connectivity index is 2.65. The predicted octanol–water partition coefficient (Wildman–Crippen LogP) is 2.20. The number of rotatable bonds is 3. The maximum absolute atomic E-state index is 10.9. The first-order valence-corrected chi connectivity index (χ1v) is 5.16. The molecule has 0 N–H and O–H groups in total. The molecule has 0 radical (unpaired) electrons. The van der Waals surface area contributed by atoms with Crippen LogP contribution in [0.4, 0.5) is 5.69 Å². The number of nitrogens with zero attached hydrogens (tertiary/aromatic N) is 3. The molecular formula is C11H6ClN3O3. The van der Waals surface area contributed by atoms with Crippen molar-refractivity contribution < 1.29 is 9.66 Å². The normalized spacial score (nSPS) is 10.0. The number of halogens is 1. The predicted molar refractivity (Wildman–Crippen MR) is 65.5 cm³/mol. The molecule has 0 aliphatic rings. The summed E-state index contributed by atoms with van der Waals surface area (Å²) in [5.41, 5.74) is 0.224. The first kappa shape index (κ1) is 12.1. The van der Waals surface area contributed by atoms with Gasteiger partial charge in [0, 0.05) is 17.5 Å². The smallest absolute Gasteiger partial charge is 0.311 e. The molecule has 0 aliphatic carbocycles. The largest absolute Gasteiger partial charge is 0.474 e. The van der Waals surface area contributed by atoms with E-state index in [1.165, 1.54) is 18.5 Å². The molecular weight excluding hydrogens is 258 g/mol. The molecule has 0 bridgehead atoms. The zero-order valence-electron chi connectivity index (χ0n) is 8.96. The van der Waals surface area contributed by atoms with Gasteiger partial charge in [0.25, 0.3) is 0 Å². The third-order valence-corrected chi connectivity index (χ3v) is 2.48. The van der Waals surface area contributed by atoms with E-state index in [9.17, 15) is 10.1 Å². The van der Waals surface area contributed by atoms with Crippen LogP contribution in [0.1, 0.15) is 0 Å². The van der Waals surface area contributed by atoms with Gasteiger partial charge in [-0.15, -0.1) is 6.42 Å². The van der Waals surface area contributed by atoms with Gasteiger partial charge >= 0.3 is 5.69 Å². The van der Waals surface area contributed by atoms with Crippen molar-refractivity contribution in [2.75, 3.05) is 6.61 Å². The summed E-state index contributed by atoms with van der Waals surface area (Å²) in [6.07, 6.45) is 6.31. The van der Waals surface area contributed by atoms with E-state index in [1.807, 2.05) is 0 Å². The number of aromatic nitrogens is 2. The monoisotopic (exact) mass is 263 g/mol. The summed E-state index contributed by atoms with van der Waals surface area (Å²) in [6, 6.07) is 2.68. The number of ether oxygens (including phenoxy) is 1. The zero-order chi connectivity index (χ0) is 13.1. The topological polar surface area (TPSA) is 78.2 Å². The Labute approximate surface area is 107 Å². The van der Waals surface area contributed by atoms with Gasteiger partial charge in [0.1, 0.15) is 18.1 Å². The summed E-state index contributed by atoms with van der Waals surface area (Å²) in [5, 5.41) is 11.5. The standard InChI is InChI=1S/C11H6ClN3O3/c1-2-3-18-10-5-8-7(4-9(10)15(16)17)11(12)14-6-13-8/h1,4-6H,3H2. The van der Waals surface area contributed by atoms with E-state index in [0.29, 0.717) is 10.9 Å². The molecule has 90 valence electrons. The fourth-order valence-corrected chi connectivity index (χ4v) is 1.61. The highest BCUT2D eigenvalue weighted by Crippen LogP contribution is 2.33. The molecule has 7 heteroatoms. The first-order valence-electron chi connectivity index (χ1n) is 4.78. The molecule has 6 nitrogen and oxygen atoms in total. The fraction of sp³-hybridized carbons (Fsp3) is 0.0909. The minimum absolute atomic E-state index is 0.0558. The summed E-state index contributed by atoms with van der Waals surface area (Å²) >= 11 is 5.84. The second-order valence-electron chi connectivity index (χ2n) is 3.25. The van der Waals surface area contributed by atoms with Crippen LogP contribution in [0.5, 0.6) is 5.75 Å². The van der Waals surface area contributed by atoms with E-state index in [1.54, 1.807) is 0 Å². The highest BCUT2D eigenvalue weighted by atomic mass is 35.5. The molecule has 1 aromatic carbocycles. The molecule has 0 spiro atoms. The second-order valence-corrected chi connectivity index (χ2v) is 3.61. The molecule has 1 heterocycles. The average Bonchev–Trinajstić information content (AvgIpc) is 2.35. The van der Waals surface area contributed by atoms with Crippen LogP contribution in [0.2, 0.25) is 5.15 Å². The van der Waals surface area contributed by atoms with E-state index in [0.717, 1.165) is 0 Å². The highest BCUT2D eigenvalue weighted by Gasteiger charge is 2.18. The Morgan fingerprint density at radius 3 is 2.94 bits per heavy atom. The van der Waals surface area contributed by atoms with Crippen LogP contribution in [0, 0.1) is 22.5 Å². The van der Waals surface area contributed by atoms with Crippen LogP contribution in [-0.2, 0) is 0 Å². The van der Waals surface area contributed by atoms with Crippen LogP contribution in [0.15, 0.2) is 18.5 Å². The van der Waals surface area contributed by atoms with Gasteiger partial charge in [-0.3, -0.25) is 10.1 Å². The van der Waals surface area contributed by atoms with Gasteiger partial charge in [-0.25, -0.2) is 9.97 Å². The molecule has 0 amide bonds. The first-order chi connectivity index (χ1) is 8.63. The van der Waals surface area contributed by atoms with Crippen molar-refractivity contribution in [1.82, 2.24) is 9.97 Å². The van der Waals surface area contributed by atoms with Crippen LogP contribution < -0.4 is 4.74 Å². The number of fused-ring (bicyclic) bond motifs is 1. The summed E-state index contributed by atoms with van der Waals surface area (Å²) in [4.78, 5) is 18.1.